The van der Waals surface area contributed by atoms with Crippen LogP contribution in [-0.4, -0.2) is 39.2 Å². The number of carbonyl (C=O) groups excluding carboxylic acids is 1. The van der Waals surface area contributed by atoms with Crippen molar-refractivity contribution in [3.05, 3.63) is 64.4 Å². The first-order valence-electron chi connectivity index (χ1n) is 9.99. The van der Waals surface area contributed by atoms with E-state index in [4.69, 9.17) is 4.98 Å². The van der Waals surface area contributed by atoms with Crippen molar-refractivity contribution in [2.75, 3.05) is 18.8 Å². The molecule has 0 atom stereocenters. The van der Waals surface area contributed by atoms with Crippen molar-refractivity contribution in [2.24, 2.45) is 0 Å². The molecule has 0 spiro atoms. The molecule has 0 bridgehead atoms. The minimum absolute atomic E-state index is 0.0473. The van der Waals surface area contributed by atoms with Crippen molar-refractivity contribution < 1.29 is 4.79 Å². The number of benzene rings is 2. The summed E-state index contributed by atoms with van der Waals surface area (Å²) in [6.45, 7) is 9.49. The Kier molecular flexibility index (Phi) is 6.75. The summed E-state index contributed by atoms with van der Waals surface area (Å²) in [5.41, 5.74) is 2.43. The molecule has 3 rings (SSSR count). The van der Waals surface area contributed by atoms with Gasteiger partial charge in [-0.2, -0.15) is 0 Å². The second kappa shape index (κ2) is 9.27. The number of thioether (sulfide) groups is 1. The van der Waals surface area contributed by atoms with Crippen LogP contribution in [0.1, 0.15) is 39.2 Å². The van der Waals surface area contributed by atoms with Gasteiger partial charge in [0.2, 0.25) is 5.91 Å². The molecule has 0 fully saturated rings. The molecule has 1 aromatic heterocycles. The average Bonchev–Trinajstić information content (AvgIpc) is 2.73. The lowest BCUT2D eigenvalue weighted by Gasteiger charge is -2.20. The molecule has 0 saturated carbocycles. The minimum atomic E-state index is -0.110. The predicted molar refractivity (Wildman–Crippen MR) is 120 cm³/mol. The molecule has 2 aromatic carbocycles. The van der Waals surface area contributed by atoms with E-state index in [1.54, 1.807) is 15.5 Å². The number of fused-ring (bicyclic) bond motifs is 1. The Bertz CT molecular complexity index is 1070. The molecular weight excluding hydrogens is 382 g/mol. The number of para-hydroxylation sites is 2. The maximum atomic E-state index is 13.4. The quantitative estimate of drug-likeness (QED) is 0.427. The Hall–Kier alpha value is -2.60. The van der Waals surface area contributed by atoms with Crippen molar-refractivity contribution in [3.63, 3.8) is 0 Å². The molecule has 1 heterocycles. The second-order valence-electron chi connectivity index (χ2n) is 7.12. The smallest absolute Gasteiger partial charge is 0.266 e. The highest BCUT2D eigenvalue weighted by atomic mass is 32.2. The Morgan fingerprint density at radius 1 is 1.07 bits per heavy atom. The average molecular weight is 410 g/mol. The zero-order chi connectivity index (χ0) is 21.0. The van der Waals surface area contributed by atoms with E-state index in [0.29, 0.717) is 29.1 Å². The number of nitrogens with zero attached hydrogens (tertiary/aromatic N) is 3. The molecule has 29 heavy (non-hydrogen) atoms. The molecule has 0 aliphatic carbocycles. The third kappa shape index (κ3) is 4.37. The van der Waals surface area contributed by atoms with E-state index in [0.717, 1.165) is 11.3 Å². The molecule has 1 amide bonds. The van der Waals surface area contributed by atoms with Crippen LogP contribution in [0, 0.1) is 0 Å². The van der Waals surface area contributed by atoms with Gasteiger partial charge in [-0.3, -0.25) is 14.2 Å². The molecular formula is C23H27N3O2S. The lowest BCUT2D eigenvalue weighted by molar-refractivity contribution is -0.127. The third-order valence-corrected chi connectivity index (χ3v) is 5.91. The van der Waals surface area contributed by atoms with E-state index >= 15 is 0 Å². The van der Waals surface area contributed by atoms with Crippen LogP contribution in [0.5, 0.6) is 0 Å². The highest BCUT2D eigenvalue weighted by Gasteiger charge is 2.19. The van der Waals surface area contributed by atoms with Gasteiger partial charge in [-0.25, -0.2) is 4.98 Å². The summed E-state index contributed by atoms with van der Waals surface area (Å²) in [4.78, 5) is 32.5. The van der Waals surface area contributed by atoms with Crippen LogP contribution >= 0.6 is 11.8 Å². The molecule has 0 unspecified atom stereocenters. The zero-order valence-corrected chi connectivity index (χ0v) is 18.2. The summed E-state index contributed by atoms with van der Waals surface area (Å²) in [5.74, 6) is 0.543. The van der Waals surface area contributed by atoms with Crippen LogP contribution < -0.4 is 5.56 Å². The molecule has 0 aliphatic heterocycles. The molecule has 3 aromatic rings. The summed E-state index contributed by atoms with van der Waals surface area (Å²) in [7, 11) is 0. The fourth-order valence-electron chi connectivity index (χ4n) is 3.39. The Balaban J connectivity index is 2.15. The van der Waals surface area contributed by atoms with Gasteiger partial charge in [-0.15, -0.1) is 0 Å². The summed E-state index contributed by atoms with van der Waals surface area (Å²) in [5, 5.41) is 1.12. The van der Waals surface area contributed by atoms with Crippen molar-refractivity contribution >= 4 is 28.6 Å². The van der Waals surface area contributed by atoms with Crippen molar-refractivity contribution in [1.29, 1.82) is 0 Å². The summed E-state index contributed by atoms with van der Waals surface area (Å²) in [6.07, 6.45) is 0. The largest absolute Gasteiger partial charge is 0.343 e. The summed E-state index contributed by atoms with van der Waals surface area (Å²) < 4.78 is 1.66. The predicted octanol–water partition coefficient (Wildman–Crippen LogP) is 4.47. The number of carbonyl (C=O) groups is 1. The monoisotopic (exact) mass is 409 g/mol. The molecule has 6 heteroatoms. The lowest BCUT2D eigenvalue weighted by Crippen LogP contribution is -2.32. The van der Waals surface area contributed by atoms with E-state index in [2.05, 4.69) is 13.8 Å². The van der Waals surface area contributed by atoms with Gasteiger partial charge in [0, 0.05) is 13.1 Å². The number of hydrogen-bond donors (Lipinski definition) is 0. The minimum Gasteiger partial charge on any atom is -0.343 e. The SMILES string of the molecule is CCN(CC)C(=O)CSc1nc2ccccc2c(=O)n1-c1ccccc1C(C)C. The van der Waals surface area contributed by atoms with E-state index < -0.39 is 0 Å². The Morgan fingerprint density at radius 3 is 2.41 bits per heavy atom. The van der Waals surface area contributed by atoms with E-state index in [1.807, 2.05) is 56.3 Å². The number of rotatable bonds is 7. The van der Waals surface area contributed by atoms with Crippen LogP contribution in [0.4, 0.5) is 0 Å². The number of hydrogen-bond acceptors (Lipinski definition) is 4. The molecule has 5 nitrogen and oxygen atoms in total. The van der Waals surface area contributed by atoms with Crippen LogP contribution in [0.25, 0.3) is 16.6 Å². The zero-order valence-electron chi connectivity index (χ0n) is 17.4. The molecule has 152 valence electrons. The highest BCUT2D eigenvalue weighted by Crippen LogP contribution is 2.27. The van der Waals surface area contributed by atoms with Crippen LogP contribution in [0.2, 0.25) is 0 Å². The summed E-state index contributed by atoms with van der Waals surface area (Å²) >= 11 is 1.32. The lowest BCUT2D eigenvalue weighted by atomic mass is 10.0. The summed E-state index contributed by atoms with van der Waals surface area (Å²) in [6, 6.07) is 15.3. The van der Waals surface area contributed by atoms with E-state index in [9.17, 15) is 9.59 Å². The second-order valence-corrected chi connectivity index (χ2v) is 8.06. The van der Waals surface area contributed by atoms with Crippen molar-refractivity contribution in [2.45, 2.75) is 38.8 Å². The van der Waals surface area contributed by atoms with Crippen LogP contribution in [0.3, 0.4) is 0 Å². The van der Waals surface area contributed by atoms with Crippen LogP contribution in [0.15, 0.2) is 58.5 Å². The standard InChI is InChI=1S/C23H27N3O2S/c1-5-25(6-2)21(27)15-29-23-24-19-13-9-7-12-18(19)22(28)26(23)20-14-10-8-11-17(20)16(3)4/h7-14,16H,5-6,15H2,1-4H3. The molecule has 0 radical (unpaired) electrons. The van der Waals surface area contributed by atoms with Gasteiger partial charge < -0.3 is 4.90 Å². The van der Waals surface area contributed by atoms with Gasteiger partial charge in [0.15, 0.2) is 5.16 Å². The Labute approximate surface area is 175 Å². The first kappa shape index (κ1) is 21.1. The van der Waals surface area contributed by atoms with Gasteiger partial charge in [-0.1, -0.05) is 55.9 Å². The maximum Gasteiger partial charge on any atom is 0.266 e. The highest BCUT2D eigenvalue weighted by molar-refractivity contribution is 7.99. The molecule has 0 aliphatic rings. The van der Waals surface area contributed by atoms with E-state index in [1.165, 1.54) is 11.8 Å². The fraction of sp³-hybridized carbons (Fsp3) is 0.348. The third-order valence-electron chi connectivity index (χ3n) is 4.99. The van der Waals surface area contributed by atoms with Gasteiger partial charge >= 0.3 is 0 Å². The van der Waals surface area contributed by atoms with Gasteiger partial charge in [0.05, 0.1) is 22.3 Å². The topological polar surface area (TPSA) is 55.2 Å². The maximum absolute atomic E-state index is 13.4. The van der Waals surface area contributed by atoms with Gasteiger partial charge in [0.1, 0.15) is 0 Å². The number of aromatic nitrogens is 2. The van der Waals surface area contributed by atoms with Crippen LogP contribution in [-0.2, 0) is 4.79 Å². The molecule has 0 saturated heterocycles. The molecule has 0 N–H and O–H groups in total. The normalized spacial score (nSPS) is 11.2. The van der Waals surface area contributed by atoms with Crippen molar-refractivity contribution in [1.82, 2.24) is 14.5 Å². The number of amides is 1. The fourth-order valence-corrected chi connectivity index (χ4v) is 4.30. The first-order valence-corrected chi connectivity index (χ1v) is 11.0. The van der Waals surface area contributed by atoms with Gasteiger partial charge in [-0.05, 0) is 43.5 Å². The van der Waals surface area contributed by atoms with Gasteiger partial charge in [0.25, 0.3) is 5.56 Å². The Morgan fingerprint density at radius 2 is 1.72 bits per heavy atom. The first-order chi connectivity index (χ1) is 14.0. The van der Waals surface area contributed by atoms with E-state index in [-0.39, 0.29) is 23.1 Å². The van der Waals surface area contributed by atoms with Crippen molar-refractivity contribution in [3.8, 4) is 5.69 Å².